The van der Waals surface area contributed by atoms with Crippen LogP contribution in [0.3, 0.4) is 0 Å². The Labute approximate surface area is 141 Å². The van der Waals surface area contributed by atoms with Gasteiger partial charge in [-0.2, -0.15) is 0 Å². The van der Waals surface area contributed by atoms with Gasteiger partial charge in [0.2, 0.25) is 5.16 Å². The van der Waals surface area contributed by atoms with Crippen LogP contribution in [-0.2, 0) is 0 Å². The minimum absolute atomic E-state index is 0.613. The third-order valence-corrected chi connectivity index (χ3v) is 4.25. The number of nitrogens with one attached hydrogen (secondary N) is 1. The van der Waals surface area contributed by atoms with E-state index in [2.05, 4.69) is 31.1 Å². The van der Waals surface area contributed by atoms with Crippen LogP contribution < -0.4 is 4.74 Å². The van der Waals surface area contributed by atoms with Crippen LogP contribution in [0.1, 0.15) is 0 Å². The van der Waals surface area contributed by atoms with Gasteiger partial charge in [-0.15, -0.1) is 5.10 Å². The average molecular weight is 376 g/mol. The van der Waals surface area contributed by atoms with E-state index in [0.29, 0.717) is 6.61 Å². The van der Waals surface area contributed by atoms with Crippen molar-refractivity contribution in [2.45, 2.75) is 5.16 Å². The first-order valence-electron chi connectivity index (χ1n) is 6.80. The fourth-order valence-corrected chi connectivity index (χ4v) is 2.74. The van der Waals surface area contributed by atoms with Crippen molar-refractivity contribution in [3.05, 3.63) is 59.1 Å². The zero-order valence-corrected chi connectivity index (χ0v) is 14.1. The summed E-state index contributed by atoms with van der Waals surface area (Å²) in [7, 11) is 0. The molecule has 0 saturated carbocycles. The zero-order chi connectivity index (χ0) is 15.2. The largest absolute Gasteiger partial charge is 0.493 e. The fourth-order valence-electron chi connectivity index (χ4n) is 1.86. The molecular formula is C16H14BrN3OS. The van der Waals surface area contributed by atoms with E-state index in [1.165, 1.54) is 0 Å². The zero-order valence-electron chi connectivity index (χ0n) is 11.7. The van der Waals surface area contributed by atoms with Gasteiger partial charge in [-0.25, -0.2) is 4.98 Å². The molecule has 0 aliphatic rings. The number of aromatic nitrogens is 3. The molecule has 1 heterocycles. The van der Waals surface area contributed by atoms with Crippen molar-refractivity contribution < 1.29 is 4.74 Å². The molecule has 0 atom stereocenters. The van der Waals surface area contributed by atoms with Gasteiger partial charge >= 0.3 is 0 Å². The van der Waals surface area contributed by atoms with Crippen molar-refractivity contribution in [1.29, 1.82) is 0 Å². The lowest BCUT2D eigenvalue weighted by Gasteiger charge is -2.04. The van der Waals surface area contributed by atoms with Gasteiger partial charge in [0.25, 0.3) is 0 Å². The number of hydrogen-bond acceptors (Lipinski definition) is 4. The molecule has 112 valence electrons. The Balaban J connectivity index is 1.48. The van der Waals surface area contributed by atoms with E-state index in [4.69, 9.17) is 4.74 Å². The summed E-state index contributed by atoms with van der Waals surface area (Å²) in [6.07, 6.45) is 0. The molecule has 0 amide bonds. The minimum atomic E-state index is 0.613. The second-order valence-electron chi connectivity index (χ2n) is 4.48. The third-order valence-electron chi connectivity index (χ3n) is 2.91. The molecule has 2 aromatic carbocycles. The monoisotopic (exact) mass is 375 g/mol. The van der Waals surface area contributed by atoms with Gasteiger partial charge in [-0.05, 0) is 24.3 Å². The molecule has 0 spiro atoms. The highest BCUT2D eigenvalue weighted by molar-refractivity contribution is 9.10. The van der Waals surface area contributed by atoms with Gasteiger partial charge in [0.05, 0.1) is 6.61 Å². The van der Waals surface area contributed by atoms with Crippen LogP contribution in [0.25, 0.3) is 11.4 Å². The molecule has 0 aliphatic heterocycles. The smallest absolute Gasteiger partial charge is 0.208 e. The molecule has 4 nitrogen and oxygen atoms in total. The lowest BCUT2D eigenvalue weighted by Crippen LogP contribution is -2.00. The molecule has 0 unspecified atom stereocenters. The second kappa shape index (κ2) is 7.47. The first kappa shape index (κ1) is 15.1. The topological polar surface area (TPSA) is 50.8 Å². The fraction of sp³-hybridized carbons (Fsp3) is 0.125. The van der Waals surface area contributed by atoms with Crippen LogP contribution in [-0.4, -0.2) is 27.5 Å². The maximum absolute atomic E-state index is 5.67. The quantitative estimate of drug-likeness (QED) is 0.512. The number of rotatable bonds is 6. The number of nitrogens with zero attached hydrogens (tertiary/aromatic N) is 2. The van der Waals surface area contributed by atoms with E-state index in [1.807, 2.05) is 54.6 Å². The number of thioether (sulfide) groups is 1. The lowest BCUT2D eigenvalue weighted by molar-refractivity contribution is 0.344. The Morgan fingerprint density at radius 2 is 1.82 bits per heavy atom. The highest BCUT2D eigenvalue weighted by atomic mass is 79.9. The molecule has 0 bridgehead atoms. The standard InChI is InChI=1S/C16H14BrN3OS/c17-13-6-8-14(9-7-13)21-10-11-22-16-18-15(19-20-16)12-4-2-1-3-5-12/h1-9H,10-11H2,(H,18,19,20). The molecule has 1 N–H and O–H groups in total. The third kappa shape index (κ3) is 4.11. The van der Waals surface area contributed by atoms with Gasteiger partial charge in [-0.1, -0.05) is 58.0 Å². The summed E-state index contributed by atoms with van der Waals surface area (Å²) in [6.45, 7) is 0.613. The maximum Gasteiger partial charge on any atom is 0.208 e. The highest BCUT2D eigenvalue weighted by Crippen LogP contribution is 2.20. The molecule has 3 rings (SSSR count). The number of H-pyrrole nitrogens is 1. The second-order valence-corrected chi connectivity index (χ2v) is 6.46. The predicted octanol–water partition coefficient (Wildman–Crippen LogP) is 4.41. The van der Waals surface area contributed by atoms with E-state index < -0.39 is 0 Å². The van der Waals surface area contributed by atoms with E-state index in [1.54, 1.807) is 11.8 Å². The highest BCUT2D eigenvalue weighted by Gasteiger charge is 2.05. The molecule has 22 heavy (non-hydrogen) atoms. The Kier molecular flexibility index (Phi) is 5.13. The van der Waals surface area contributed by atoms with E-state index in [9.17, 15) is 0 Å². The molecule has 6 heteroatoms. The van der Waals surface area contributed by atoms with Crippen LogP contribution in [0.2, 0.25) is 0 Å². The number of hydrogen-bond donors (Lipinski definition) is 1. The van der Waals surface area contributed by atoms with Crippen LogP contribution in [0.15, 0.2) is 64.2 Å². The van der Waals surface area contributed by atoms with Gasteiger partial charge in [0.1, 0.15) is 5.75 Å². The molecule has 0 radical (unpaired) electrons. The normalized spacial score (nSPS) is 10.6. The molecule has 3 aromatic rings. The van der Waals surface area contributed by atoms with Crippen molar-refractivity contribution in [2.75, 3.05) is 12.4 Å². The molecule has 0 fully saturated rings. The summed E-state index contributed by atoms with van der Waals surface area (Å²) in [5, 5.41) is 7.91. The predicted molar refractivity (Wildman–Crippen MR) is 92.2 cm³/mol. The maximum atomic E-state index is 5.67. The SMILES string of the molecule is Brc1ccc(OCCSc2n[nH]c(-c3ccccc3)n2)cc1. The summed E-state index contributed by atoms with van der Waals surface area (Å²) >= 11 is 4.97. The first-order valence-corrected chi connectivity index (χ1v) is 8.58. The number of halogens is 1. The van der Waals surface area contributed by atoms with Crippen molar-refractivity contribution in [3.8, 4) is 17.1 Å². The van der Waals surface area contributed by atoms with E-state index >= 15 is 0 Å². The van der Waals surface area contributed by atoms with Crippen LogP contribution in [0, 0.1) is 0 Å². The summed E-state index contributed by atoms with van der Waals surface area (Å²) in [4.78, 5) is 4.47. The Bertz CT molecular complexity index is 716. The number of benzene rings is 2. The van der Waals surface area contributed by atoms with Gasteiger partial charge in [0.15, 0.2) is 5.82 Å². The van der Waals surface area contributed by atoms with Gasteiger partial charge < -0.3 is 4.74 Å². The summed E-state index contributed by atoms with van der Waals surface area (Å²) in [6, 6.07) is 17.8. The minimum Gasteiger partial charge on any atom is -0.493 e. The van der Waals surface area contributed by atoms with Crippen molar-refractivity contribution in [1.82, 2.24) is 15.2 Å². The van der Waals surface area contributed by atoms with Crippen LogP contribution in [0.5, 0.6) is 5.75 Å². The molecule has 1 aromatic heterocycles. The Hall–Kier alpha value is -1.79. The summed E-state index contributed by atoms with van der Waals surface area (Å²) in [5.41, 5.74) is 1.04. The molecular weight excluding hydrogens is 362 g/mol. The number of aromatic amines is 1. The molecule has 0 aliphatic carbocycles. The van der Waals surface area contributed by atoms with Gasteiger partial charge in [0, 0.05) is 15.8 Å². The average Bonchev–Trinajstić information content (AvgIpc) is 3.03. The van der Waals surface area contributed by atoms with Crippen LogP contribution in [0.4, 0.5) is 0 Å². The van der Waals surface area contributed by atoms with Crippen molar-refractivity contribution in [3.63, 3.8) is 0 Å². The van der Waals surface area contributed by atoms with Gasteiger partial charge in [-0.3, -0.25) is 5.10 Å². The molecule has 0 saturated heterocycles. The van der Waals surface area contributed by atoms with E-state index in [0.717, 1.165) is 32.5 Å². The first-order chi connectivity index (χ1) is 10.8. The van der Waals surface area contributed by atoms with Crippen LogP contribution >= 0.6 is 27.7 Å². The number of ether oxygens (including phenoxy) is 1. The van der Waals surface area contributed by atoms with E-state index in [-0.39, 0.29) is 0 Å². The summed E-state index contributed by atoms with van der Waals surface area (Å²) in [5.74, 6) is 2.45. The Morgan fingerprint density at radius 1 is 1.05 bits per heavy atom. The Morgan fingerprint density at radius 3 is 2.59 bits per heavy atom. The summed E-state index contributed by atoms with van der Waals surface area (Å²) < 4.78 is 6.71. The van der Waals surface area contributed by atoms with Crippen molar-refractivity contribution >= 4 is 27.7 Å². The lowest BCUT2D eigenvalue weighted by atomic mass is 10.2. The van der Waals surface area contributed by atoms with Crippen molar-refractivity contribution in [2.24, 2.45) is 0 Å².